The second-order valence-corrected chi connectivity index (χ2v) is 9.99. The average molecular weight is 569 g/mol. The van der Waals surface area contributed by atoms with Crippen molar-refractivity contribution in [1.82, 2.24) is 4.90 Å². The highest BCUT2D eigenvalue weighted by atomic mass is 16.5. The number of carbonyl (C=O) groups is 2. The molecule has 0 fully saturated rings. The van der Waals surface area contributed by atoms with Gasteiger partial charge in [0.25, 0.3) is 0 Å². The highest BCUT2D eigenvalue weighted by Crippen LogP contribution is 2.30. The van der Waals surface area contributed by atoms with Gasteiger partial charge in [0.2, 0.25) is 0 Å². The molecule has 7 heteroatoms. The summed E-state index contributed by atoms with van der Waals surface area (Å²) >= 11 is 0. The third-order valence-electron chi connectivity index (χ3n) is 6.62. The Morgan fingerprint density at radius 3 is 1.88 bits per heavy atom. The van der Waals surface area contributed by atoms with E-state index >= 15 is 0 Å². The van der Waals surface area contributed by atoms with Gasteiger partial charge in [-0.1, -0.05) is 31.6 Å². The third kappa shape index (κ3) is 9.20. The highest BCUT2D eigenvalue weighted by molar-refractivity contribution is 5.92. The fraction of sp³-hybridized carbons (Fsp3) is 0.286. The minimum Gasteiger partial charge on any atom is -0.494 e. The first kappa shape index (κ1) is 31.9. The quantitative estimate of drug-likeness (QED) is 0.0698. The van der Waals surface area contributed by atoms with Crippen LogP contribution >= 0.6 is 0 Å². The minimum atomic E-state index is -0.473. The normalized spacial score (nSPS) is 11.6. The molecule has 0 bridgehead atoms. The lowest BCUT2D eigenvalue weighted by atomic mass is 10.1. The Labute approximate surface area is 249 Å². The molecule has 0 saturated carbocycles. The summed E-state index contributed by atoms with van der Waals surface area (Å²) in [7, 11) is 3.96. The van der Waals surface area contributed by atoms with Crippen molar-refractivity contribution < 1.29 is 23.8 Å². The summed E-state index contributed by atoms with van der Waals surface area (Å²) in [6.07, 6.45) is 9.76. The number of allylic oxidation sites excluding steroid dienone is 3. The van der Waals surface area contributed by atoms with Crippen LogP contribution in [0.5, 0.6) is 17.2 Å². The van der Waals surface area contributed by atoms with Gasteiger partial charge in [0, 0.05) is 26.0 Å². The Bertz CT molecular complexity index is 1440. The Morgan fingerprint density at radius 1 is 0.833 bits per heavy atom. The largest absolute Gasteiger partial charge is 0.494 e. The molecule has 0 spiro atoms. The van der Waals surface area contributed by atoms with Crippen molar-refractivity contribution in [3.63, 3.8) is 0 Å². The van der Waals surface area contributed by atoms with Gasteiger partial charge >= 0.3 is 11.9 Å². The first-order valence-electron chi connectivity index (χ1n) is 14.1. The maximum Gasteiger partial charge on any atom is 0.343 e. The summed E-state index contributed by atoms with van der Waals surface area (Å²) in [6, 6.07) is 17.3. The van der Waals surface area contributed by atoms with Crippen molar-refractivity contribution in [2.24, 2.45) is 4.99 Å². The Balaban J connectivity index is 1.59. The molecule has 0 aliphatic carbocycles. The number of aliphatic imine (C=N–C) groups is 1. The van der Waals surface area contributed by atoms with E-state index in [2.05, 4.69) is 11.9 Å². The number of unbranched alkanes of at least 4 members (excludes halogenated alkanes) is 1. The van der Waals surface area contributed by atoms with E-state index < -0.39 is 11.9 Å². The number of esters is 2. The molecule has 0 aliphatic rings. The van der Waals surface area contributed by atoms with E-state index in [1.807, 2.05) is 70.1 Å². The van der Waals surface area contributed by atoms with Gasteiger partial charge in [0.1, 0.15) is 17.2 Å². The van der Waals surface area contributed by atoms with Gasteiger partial charge in [-0.2, -0.15) is 0 Å². The molecule has 42 heavy (non-hydrogen) atoms. The van der Waals surface area contributed by atoms with Crippen LogP contribution in [0.2, 0.25) is 0 Å². The van der Waals surface area contributed by atoms with Crippen LogP contribution in [-0.2, 0) is 6.54 Å². The number of nitrogens with zero attached hydrogens (tertiary/aromatic N) is 2. The maximum atomic E-state index is 12.8. The fourth-order valence-electron chi connectivity index (χ4n) is 3.89. The zero-order valence-electron chi connectivity index (χ0n) is 25.3. The summed E-state index contributed by atoms with van der Waals surface area (Å²) in [6.45, 7) is 8.87. The molecule has 3 aromatic carbocycles. The molecular formula is C35H40N2O5. The van der Waals surface area contributed by atoms with E-state index in [-0.39, 0.29) is 0 Å². The van der Waals surface area contributed by atoms with Gasteiger partial charge in [0.15, 0.2) is 0 Å². The second kappa shape index (κ2) is 16.0. The van der Waals surface area contributed by atoms with E-state index in [1.165, 1.54) is 0 Å². The molecule has 7 nitrogen and oxygen atoms in total. The van der Waals surface area contributed by atoms with E-state index in [4.69, 9.17) is 14.2 Å². The molecule has 0 aliphatic heterocycles. The van der Waals surface area contributed by atoms with Crippen LogP contribution in [0.4, 0.5) is 0 Å². The zero-order valence-corrected chi connectivity index (χ0v) is 25.3. The number of ether oxygens (including phenoxy) is 3. The van der Waals surface area contributed by atoms with Crippen LogP contribution in [0, 0.1) is 13.8 Å². The van der Waals surface area contributed by atoms with Gasteiger partial charge in [-0.25, -0.2) is 9.59 Å². The van der Waals surface area contributed by atoms with Gasteiger partial charge in [-0.05, 0) is 105 Å². The molecule has 0 amide bonds. The molecule has 3 aromatic rings. The SMILES string of the molecule is C/C=C\C(=C/C=NCc1ccc(C(=O)Oc2ccc(OC(=O)c3ccc(OCCCC)cc3)c(C)c2C)cc1)N(C)C. The maximum absolute atomic E-state index is 12.8. The zero-order chi connectivity index (χ0) is 30.5. The summed E-state index contributed by atoms with van der Waals surface area (Å²) in [5.41, 5.74) is 4.30. The highest BCUT2D eigenvalue weighted by Gasteiger charge is 2.16. The summed E-state index contributed by atoms with van der Waals surface area (Å²) in [5, 5.41) is 0. The fourth-order valence-corrected chi connectivity index (χ4v) is 3.89. The first-order chi connectivity index (χ1) is 20.2. The lowest BCUT2D eigenvalue weighted by molar-refractivity contribution is 0.0717. The molecule has 0 heterocycles. The van der Waals surface area contributed by atoms with E-state index in [1.54, 1.807) is 54.7 Å². The molecule has 0 atom stereocenters. The van der Waals surface area contributed by atoms with Gasteiger partial charge in [-0.3, -0.25) is 4.99 Å². The Kier molecular flexibility index (Phi) is 12.1. The van der Waals surface area contributed by atoms with Crippen molar-refractivity contribution in [2.45, 2.75) is 47.1 Å². The third-order valence-corrected chi connectivity index (χ3v) is 6.62. The summed E-state index contributed by atoms with van der Waals surface area (Å²) < 4.78 is 17.0. The lowest BCUT2D eigenvalue weighted by Gasteiger charge is -2.14. The number of likely N-dealkylation sites (N-methyl/N-ethyl adjacent to an activating group) is 1. The molecule has 0 aromatic heterocycles. The number of rotatable bonds is 13. The van der Waals surface area contributed by atoms with Crippen molar-refractivity contribution in [3.05, 3.63) is 112 Å². The van der Waals surface area contributed by atoms with Gasteiger partial charge < -0.3 is 19.1 Å². The predicted molar refractivity (Wildman–Crippen MR) is 168 cm³/mol. The number of benzene rings is 3. The molecule has 0 radical (unpaired) electrons. The molecule has 220 valence electrons. The minimum absolute atomic E-state index is 0.406. The average Bonchev–Trinajstić information content (AvgIpc) is 2.99. The van der Waals surface area contributed by atoms with Crippen LogP contribution in [0.3, 0.4) is 0 Å². The smallest absolute Gasteiger partial charge is 0.343 e. The summed E-state index contributed by atoms with van der Waals surface area (Å²) in [4.78, 5) is 32.0. The van der Waals surface area contributed by atoms with Crippen molar-refractivity contribution in [2.75, 3.05) is 20.7 Å². The molecular weight excluding hydrogens is 528 g/mol. The first-order valence-corrected chi connectivity index (χ1v) is 14.1. The van der Waals surface area contributed by atoms with Crippen LogP contribution in [0.25, 0.3) is 0 Å². The Morgan fingerprint density at radius 2 is 1.38 bits per heavy atom. The van der Waals surface area contributed by atoms with Crippen molar-refractivity contribution in [3.8, 4) is 17.2 Å². The van der Waals surface area contributed by atoms with Gasteiger partial charge in [-0.15, -0.1) is 0 Å². The van der Waals surface area contributed by atoms with Crippen LogP contribution in [-0.4, -0.2) is 43.8 Å². The Hall–Kier alpha value is -4.65. The van der Waals surface area contributed by atoms with E-state index in [0.717, 1.165) is 24.1 Å². The van der Waals surface area contributed by atoms with Crippen molar-refractivity contribution in [1.29, 1.82) is 0 Å². The number of hydrogen-bond acceptors (Lipinski definition) is 7. The van der Waals surface area contributed by atoms with Crippen molar-refractivity contribution >= 4 is 18.2 Å². The molecule has 0 N–H and O–H groups in total. The van der Waals surface area contributed by atoms with Crippen LogP contribution in [0.15, 0.2) is 89.6 Å². The second-order valence-electron chi connectivity index (χ2n) is 9.99. The number of carbonyl (C=O) groups excluding carboxylic acids is 2. The number of hydrogen-bond donors (Lipinski definition) is 0. The molecule has 0 unspecified atom stereocenters. The predicted octanol–water partition coefficient (Wildman–Crippen LogP) is 7.51. The lowest BCUT2D eigenvalue weighted by Crippen LogP contribution is -2.12. The van der Waals surface area contributed by atoms with E-state index in [9.17, 15) is 9.59 Å². The topological polar surface area (TPSA) is 77.4 Å². The van der Waals surface area contributed by atoms with Crippen LogP contribution < -0.4 is 14.2 Å². The molecule has 3 rings (SSSR count). The monoisotopic (exact) mass is 568 g/mol. The van der Waals surface area contributed by atoms with E-state index in [0.29, 0.717) is 52.7 Å². The van der Waals surface area contributed by atoms with Crippen LogP contribution in [0.1, 0.15) is 64.1 Å². The molecule has 0 saturated heterocycles. The summed E-state index contributed by atoms with van der Waals surface area (Å²) in [5.74, 6) is 0.586. The van der Waals surface area contributed by atoms with Gasteiger partial charge in [0.05, 0.1) is 24.3 Å². The standard InChI is InChI=1S/C35H40N2O5/c1-7-9-23-40-31-17-15-29(16-18-31)35(39)42-33-20-19-32(25(3)26(33)4)41-34(38)28-13-11-27(12-14-28)24-36-22-21-30(10-8-2)37(5)6/h8,10-22H,7,9,23-24H2,1-6H3/b10-8-,30-21+,36-22?.